The van der Waals surface area contributed by atoms with Gasteiger partial charge in [-0.3, -0.25) is 9.98 Å². The number of hydrogen-bond acceptors (Lipinski definition) is 4. The van der Waals surface area contributed by atoms with Crippen LogP contribution in [0.25, 0.3) is 0 Å². The molecule has 0 heterocycles. The van der Waals surface area contributed by atoms with Crippen LogP contribution in [0.3, 0.4) is 0 Å². The van der Waals surface area contributed by atoms with E-state index in [1.165, 1.54) is 38.5 Å². The van der Waals surface area contributed by atoms with E-state index in [-0.39, 0.29) is 10.8 Å². The Bertz CT molecular complexity index is 967. The SMILES string of the molecule is CC(C)(C)c1cccc(C=NC2CCC2)c1O.CC(C)(C)c1cccc(C=NC2CCC2)c1O.[Cl][Zr][Cl]. The van der Waals surface area contributed by atoms with Gasteiger partial charge < -0.3 is 10.2 Å². The van der Waals surface area contributed by atoms with Crippen LogP contribution < -0.4 is 0 Å². The number of phenolic OH excluding ortho intramolecular Hbond substituents is 2. The quantitative estimate of drug-likeness (QED) is 0.334. The molecule has 0 spiro atoms. The van der Waals surface area contributed by atoms with Gasteiger partial charge in [0.15, 0.2) is 0 Å². The zero-order valence-corrected chi connectivity index (χ0v) is 27.0. The molecule has 2 fully saturated rings. The van der Waals surface area contributed by atoms with E-state index in [1.54, 1.807) is 0 Å². The topological polar surface area (TPSA) is 65.2 Å². The Morgan fingerprint density at radius 1 is 0.703 bits per heavy atom. The first-order chi connectivity index (χ1) is 17.4. The van der Waals surface area contributed by atoms with Gasteiger partial charge in [-0.05, 0) is 72.6 Å². The monoisotopic (exact) mass is 622 g/mol. The summed E-state index contributed by atoms with van der Waals surface area (Å²) in [5.41, 5.74) is 3.56. The Kier molecular flexibility index (Phi) is 12.9. The molecule has 0 saturated heterocycles. The molecule has 37 heavy (non-hydrogen) atoms. The second-order valence-corrected chi connectivity index (χ2v) is 15.5. The average molecular weight is 625 g/mol. The van der Waals surface area contributed by atoms with Crippen LogP contribution in [0.2, 0.25) is 0 Å². The third kappa shape index (κ3) is 10.2. The van der Waals surface area contributed by atoms with Crippen molar-refractivity contribution < 1.29 is 31.1 Å². The van der Waals surface area contributed by atoms with Crippen molar-refractivity contribution in [1.29, 1.82) is 0 Å². The van der Waals surface area contributed by atoms with Crippen LogP contribution >= 0.6 is 17.0 Å². The van der Waals surface area contributed by atoms with Crippen molar-refractivity contribution in [2.75, 3.05) is 0 Å². The predicted molar refractivity (Wildman–Crippen MR) is 156 cm³/mol. The van der Waals surface area contributed by atoms with Crippen molar-refractivity contribution in [3.63, 3.8) is 0 Å². The van der Waals surface area contributed by atoms with E-state index in [4.69, 9.17) is 17.0 Å². The summed E-state index contributed by atoms with van der Waals surface area (Å²) in [6, 6.07) is 12.7. The summed E-state index contributed by atoms with van der Waals surface area (Å²) in [7, 11) is 9.87. The summed E-state index contributed by atoms with van der Waals surface area (Å²) in [5.74, 6) is 0.756. The standard InChI is InChI=1S/2C15H21NO.2ClH.Zr/c2*1-15(2,3)13-9-4-6-11(14(13)17)10-16-12-7-5-8-12;;;/h2*4,6,9-10,12,17H,5,7-8H2,1-3H3;2*1H;/q;;;;+2/p-2. The van der Waals surface area contributed by atoms with Gasteiger partial charge in [-0.15, -0.1) is 0 Å². The van der Waals surface area contributed by atoms with Crippen LogP contribution in [0.5, 0.6) is 11.5 Å². The van der Waals surface area contributed by atoms with E-state index < -0.39 is 20.8 Å². The van der Waals surface area contributed by atoms with Crippen molar-refractivity contribution in [2.24, 2.45) is 9.98 Å². The van der Waals surface area contributed by atoms with E-state index >= 15 is 0 Å². The maximum absolute atomic E-state index is 10.2. The summed E-state index contributed by atoms with van der Waals surface area (Å²) in [6.07, 6.45) is 11.0. The molecule has 202 valence electrons. The summed E-state index contributed by atoms with van der Waals surface area (Å²) < 4.78 is 0. The Balaban J connectivity index is 0.000000235. The number of aromatic hydroxyl groups is 2. The average Bonchev–Trinajstić information content (AvgIpc) is 2.73. The molecule has 0 aliphatic heterocycles. The number of rotatable bonds is 4. The van der Waals surface area contributed by atoms with Crippen LogP contribution in [0.15, 0.2) is 46.4 Å². The molecule has 0 aromatic heterocycles. The molecule has 2 aliphatic carbocycles. The maximum atomic E-state index is 10.2. The van der Waals surface area contributed by atoms with E-state index in [0.717, 1.165) is 22.3 Å². The fraction of sp³-hybridized carbons (Fsp3) is 0.533. The number of halogens is 2. The zero-order chi connectivity index (χ0) is 27.6. The normalized spacial score (nSPS) is 16.3. The molecule has 2 N–H and O–H groups in total. The van der Waals surface area contributed by atoms with Crippen LogP contribution in [0, 0.1) is 0 Å². The fourth-order valence-corrected chi connectivity index (χ4v) is 3.98. The Hall–Kier alpha value is -1.16. The molecule has 0 unspecified atom stereocenters. The molecule has 0 radical (unpaired) electrons. The van der Waals surface area contributed by atoms with Gasteiger partial charge in [-0.2, -0.15) is 0 Å². The number of hydrogen-bond donors (Lipinski definition) is 2. The molecule has 7 heteroatoms. The summed E-state index contributed by atoms with van der Waals surface area (Å²) in [4.78, 5) is 9.00. The van der Waals surface area contributed by atoms with Gasteiger partial charge in [0.1, 0.15) is 11.5 Å². The second-order valence-electron chi connectivity index (χ2n) is 11.8. The van der Waals surface area contributed by atoms with Crippen LogP contribution in [-0.2, 0) is 31.7 Å². The molecule has 0 atom stereocenters. The minimum atomic E-state index is -0.826. The molecule has 2 saturated carbocycles. The summed E-state index contributed by atoms with van der Waals surface area (Å²) in [6.45, 7) is 12.6. The predicted octanol–water partition coefficient (Wildman–Crippen LogP) is 8.70. The van der Waals surface area contributed by atoms with Gasteiger partial charge in [0.05, 0.1) is 0 Å². The van der Waals surface area contributed by atoms with Crippen LogP contribution in [0.1, 0.15) is 102 Å². The first kappa shape index (κ1) is 32.1. The zero-order valence-electron chi connectivity index (χ0n) is 23.1. The molecule has 4 nitrogen and oxygen atoms in total. The van der Waals surface area contributed by atoms with Gasteiger partial charge in [0.25, 0.3) is 0 Å². The van der Waals surface area contributed by atoms with Gasteiger partial charge in [0, 0.05) is 35.6 Å². The van der Waals surface area contributed by atoms with Crippen molar-refractivity contribution in [1.82, 2.24) is 0 Å². The van der Waals surface area contributed by atoms with Crippen molar-refractivity contribution in [2.45, 2.75) is 103 Å². The van der Waals surface area contributed by atoms with Crippen LogP contribution in [-0.4, -0.2) is 34.7 Å². The summed E-state index contributed by atoms with van der Waals surface area (Å²) in [5, 5.41) is 20.5. The Morgan fingerprint density at radius 2 is 1.03 bits per heavy atom. The van der Waals surface area contributed by atoms with E-state index in [0.29, 0.717) is 23.6 Å². The van der Waals surface area contributed by atoms with Crippen molar-refractivity contribution in [3.05, 3.63) is 58.7 Å². The summed E-state index contributed by atoms with van der Waals surface area (Å²) >= 11 is -0.826. The van der Waals surface area contributed by atoms with E-state index in [1.807, 2.05) is 48.8 Å². The van der Waals surface area contributed by atoms with Gasteiger partial charge in [-0.25, -0.2) is 0 Å². The Labute approximate surface area is 242 Å². The van der Waals surface area contributed by atoms with E-state index in [9.17, 15) is 10.2 Å². The van der Waals surface area contributed by atoms with Crippen LogP contribution in [0.4, 0.5) is 0 Å². The number of para-hydroxylation sites is 2. The number of nitrogens with zero attached hydrogens (tertiary/aromatic N) is 2. The van der Waals surface area contributed by atoms with Gasteiger partial charge in [-0.1, -0.05) is 65.8 Å². The van der Waals surface area contributed by atoms with Gasteiger partial charge in [0.2, 0.25) is 0 Å². The van der Waals surface area contributed by atoms with Crippen molar-refractivity contribution >= 4 is 29.5 Å². The molecule has 2 aromatic carbocycles. The van der Waals surface area contributed by atoms with E-state index in [2.05, 4.69) is 51.5 Å². The molecular weight excluding hydrogens is 582 g/mol. The first-order valence-electron chi connectivity index (χ1n) is 13.1. The molecule has 4 rings (SSSR count). The molecule has 0 bridgehead atoms. The number of benzene rings is 2. The first-order valence-corrected chi connectivity index (χ1v) is 19.4. The number of phenols is 2. The molecule has 2 aliphatic rings. The minimum absolute atomic E-state index is 0.0373. The molecule has 0 amide bonds. The third-order valence-electron chi connectivity index (χ3n) is 6.75. The van der Waals surface area contributed by atoms with Gasteiger partial charge >= 0.3 is 37.9 Å². The number of aliphatic imine (C=N–C) groups is 2. The molecular formula is C30H42Cl2N2O2Zr. The van der Waals surface area contributed by atoms with Crippen molar-refractivity contribution in [3.8, 4) is 11.5 Å². The fourth-order valence-electron chi connectivity index (χ4n) is 3.98. The third-order valence-corrected chi connectivity index (χ3v) is 6.75. The Morgan fingerprint density at radius 3 is 1.27 bits per heavy atom. The second kappa shape index (κ2) is 14.8. The molecule has 2 aromatic rings.